The van der Waals surface area contributed by atoms with Crippen LogP contribution in [0.4, 0.5) is 5.95 Å². The van der Waals surface area contributed by atoms with Crippen LogP contribution in [0.1, 0.15) is 24.2 Å². The molecule has 0 saturated heterocycles. The molecule has 2 heterocycles. The molecule has 0 radical (unpaired) electrons. The molecular formula is C13H14Cl2N4. The molecule has 0 saturated carbocycles. The quantitative estimate of drug-likeness (QED) is 0.879. The van der Waals surface area contributed by atoms with E-state index >= 15 is 0 Å². The van der Waals surface area contributed by atoms with E-state index < -0.39 is 0 Å². The summed E-state index contributed by atoms with van der Waals surface area (Å²) >= 11 is 12.2. The molecule has 2 N–H and O–H groups in total. The van der Waals surface area contributed by atoms with Gasteiger partial charge in [0, 0.05) is 22.4 Å². The monoisotopic (exact) mass is 296 g/mol. The topological polar surface area (TPSA) is 56.7 Å². The van der Waals surface area contributed by atoms with Crippen molar-refractivity contribution in [3.05, 3.63) is 39.6 Å². The summed E-state index contributed by atoms with van der Waals surface area (Å²) in [6, 6.07) is 5.69. The highest BCUT2D eigenvalue weighted by molar-refractivity contribution is 6.34. The van der Waals surface area contributed by atoms with Gasteiger partial charge in [-0.2, -0.15) is 4.98 Å². The van der Waals surface area contributed by atoms with E-state index in [0.29, 0.717) is 27.8 Å². The molecule has 0 aliphatic carbocycles. The third-order valence-electron chi connectivity index (χ3n) is 3.64. The number of anilines is 1. The first-order chi connectivity index (χ1) is 9.02. The van der Waals surface area contributed by atoms with Crippen molar-refractivity contribution in [1.29, 1.82) is 0 Å². The van der Waals surface area contributed by atoms with E-state index in [9.17, 15) is 0 Å². The Kier molecular flexibility index (Phi) is 3.15. The average Bonchev–Trinajstić information content (AvgIpc) is 2.65. The number of nitrogens with two attached hydrogens (primary N) is 1. The van der Waals surface area contributed by atoms with Gasteiger partial charge in [0.05, 0.1) is 6.54 Å². The van der Waals surface area contributed by atoms with Crippen LogP contribution in [0.5, 0.6) is 0 Å². The first-order valence-corrected chi connectivity index (χ1v) is 6.93. The molecule has 1 aromatic carbocycles. The highest BCUT2D eigenvalue weighted by Crippen LogP contribution is 2.35. The second kappa shape index (κ2) is 4.69. The SMILES string of the molecule is CC1Cc2nc(N)nn2CC1c1cc(Cl)cc(Cl)c1. The van der Waals surface area contributed by atoms with E-state index in [1.54, 1.807) is 6.07 Å². The number of aromatic nitrogens is 3. The number of hydrogen-bond donors (Lipinski definition) is 1. The number of rotatable bonds is 1. The fourth-order valence-corrected chi connectivity index (χ4v) is 3.25. The molecule has 0 bridgehead atoms. The summed E-state index contributed by atoms with van der Waals surface area (Å²) in [5, 5.41) is 5.55. The third-order valence-corrected chi connectivity index (χ3v) is 4.08. The Hall–Kier alpha value is -1.26. The number of fused-ring (bicyclic) bond motifs is 1. The molecule has 2 aromatic rings. The van der Waals surface area contributed by atoms with Crippen LogP contribution in [0.3, 0.4) is 0 Å². The Labute approximate surface area is 121 Å². The first kappa shape index (κ1) is 12.8. The second-order valence-electron chi connectivity index (χ2n) is 5.06. The predicted octanol–water partition coefficient (Wildman–Crippen LogP) is 3.14. The summed E-state index contributed by atoms with van der Waals surface area (Å²) in [6.45, 7) is 2.96. The van der Waals surface area contributed by atoms with E-state index in [-0.39, 0.29) is 0 Å². The van der Waals surface area contributed by atoms with Crippen molar-refractivity contribution in [2.45, 2.75) is 25.8 Å². The first-order valence-electron chi connectivity index (χ1n) is 6.18. The lowest BCUT2D eigenvalue weighted by Gasteiger charge is -2.29. The molecule has 1 aliphatic heterocycles. The van der Waals surface area contributed by atoms with Gasteiger partial charge in [0.25, 0.3) is 0 Å². The van der Waals surface area contributed by atoms with Gasteiger partial charge in [-0.1, -0.05) is 30.1 Å². The van der Waals surface area contributed by atoms with Crippen LogP contribution in [-0.4, -0.2) is 14.8 Å². The van der Waals surface area contributed by atoms with E-state index in [2.05, 4.69) is 17.0 Å². The molecule has 0 fully saturated rings. The fourth-order valence-electron chi connectivity index (χ4n) is 2.71. The number of halogens is 2. The molecule has 2 unspecified atom stereocenters. The van der Waals surface area contributed by atoms with Crippen LogP contribution in [-0.2, 0) is 13.0 Å². The van der Waals surface area contributed by atoms with Crippen LogP contribution in [0.15, 0.2) is 18.2 Å². The lowest BCUT2D eigenvalue weighted by Crippen LogP contribution is -2.27. The van der Waals surface area contributed by atoms with Crippen molar-refractivity contribution < 1.29 is 0 Å². The summed E-state index contributed by atoms with van der Waals surface area (Å²) in [5.74, 6) is 2.07. The van der Waals surface area contributed by atoms with Gasteiger partial charge in [-0.3, -0.25) is 0 Å². The van der Waals surface area contributed by atoms with Crippen molar-refractivity contribution >= 4 is 29.2 Å². The number of nitrogen functional groups attached to an aromatic ring is 1. The lowest BCUT2D eigenvalue weighted by molar-refractivity contribution is 0.330. The Morgan fingerprint density at radius 1 is 1.26 bits per heavy atom. The Balaban J connectivity index is 1.97. The molecule has 0 spiro atoms. The molecule has 19 heavy (non-hydrogen) atoms. The van der Waals surface area contributed by atoms with E-state index in [4.69, 9.17) is 28.9 Å². The molecular weight excluding hydrogens is 283 g/mol. The summed E-state index contributed by atoms with van der Waals surface area (Å²) in [7, 11) is 0. The molecule has 4 nitrogen and oxygen atoms in total. The normalized spacial score (nSPS) is 22.3. The number of benzene rings is 1. The standard InChI is InChI=1S/C13H14Cl2N4/c1-7-2-12-17-13(16)18-19(12)6-11(7)8-3-9(14)5-10(15)4-8/h3-5,7,11H,2,6H2,1H3,(H2,16,18). The zero-order chi connectivity index (χ0) is 13.6. The van der Waals surface area contributed by atoms with E-state index in [1.165, 1.54) is 0 Å². The maximum atomic E-state index is 6.08. The van der Waals surface area contributed by atoms with Crippen LogP contribution in [0.25, 0.3) is 0 Å². The molecule has 100 valence electrons. The largest absolute Gasteiger partial charge is 0.366 e. The summed E-state index contributed by atoms with van der Waals surface area (Å²) < 4.78 is 1.88. The predicted molar refractivity (Wildman–Crippen MR) is 76.5 cm³/mol. The van der Waals surface area contributed by atoms with Gasteiger partial charge in [-0.15, -0.1) is 5.10 Å². The van der Waals surface area contributed by atoms with Crippen LogP contribution < -0.4 is 5.73 Å². The zero-order valence-electron chi connectivity index (χ0n) is 10.5. The van der Waals surface area contributed by atoms with Gasteiger partial charge >= 0.3 is 0 Å². The maximum Gasteiger partial charge on any atom is 0.239 e. The summed E-state index contributed by atoms with van der Waals surface area (Å²) in [6.07, 6.45) is 0.860. The van der Waals surface area contributed by atoms with Gasteiger partial charge in [-0.05, 0) is 29.7 Å². The van der Waals surface area contributed by atoms with Crippen molar-refractivity contribution in [2.75, 3.05) is 5.73 Å². The van der Waals surface area contributed by atoms with Crippen LogP contribution >= 0.6 is 23.2 Å². The Morgan fingerprint density at radius 3 is 2.63 bits per heavy atom. The highest BCUT2D eigenvalue weighted by atomic mass is 35.5. The van der Waals surface area contributed by atoms with Gasteiger partial charge in [0.15, 0.2) is 0 Å². The Bertz CT molecular complexity index is 603. The van der Waals surface area contributed by atoms with E-state index in [1.807, 2.05) is 16.8 Å². The fraction of sp³-hybridized carbons (Fsp3) is 0.385. The third kappa shape index (κ3) is 2.42. The van der Waals surface area contributed by atoms with E-state index in [0.717, 1.165) is 24.4 Å². The van der Waals surface area contributed by atoms with Gasteiger partial charge in [-0.25, -0.2) is 4.68 Å². The van der Waals surface area contributed by atoms with Gasteiger partial charge in [0.2, 0.25) is 5.95 Å². The van der Waals surface area contributed by atoms with Gasteiger partial charge in [0.1, 0.15) is 5.82 Å². The number of hydrogen-bond acceptors (Lipinski definition) is 3. The minimum Gasteiger partial charge on any atom is -0.366 e. The second-order valence-corrected chi connectivity index (χ2v) is 5.93. The van der Waals surface area contributed by atoms with Crippen molar-refractivity contribution in [3.8, 4) is 0 Å². The highest BCUT2D eigenvalue weighted by Gasteiger charge is 2.29. The van der Waals surface area contributed by atoms with Gasteiger partial charge < -0.3 is 5.73 Å². The van der Waals surface area contributed by atoms with Crippen molar-refractivity contribution in [2.24, 2.45) is 5.92 Å². The minimum atomic E-state index is 0.324. The van der Waals surface area contributed by atoms with Crippen LogP contribution in [0.2, 0.25) is 10.0 Å². The van der Waals surface area contributed by atoms with Crippen LogP contribution in [0, 0.1) is 5.92 Å². The minimum absolute atomic E-state index is 0.324. The molecule has 1 aliphatic rings. The molecule has 2 atom stereocenters. The van der Waals surface area contributed by atoms with Crippen molar-refractivity contribution in [3.63, 3.8) is 0 Å². The lowest BCUT2D eigenvalue weighted by atomic mass is 9.83. The molecule has 3 rings (SSSR count). The molecule has 6 heteroatoms. The average molecular weight is 297 g/mol. The maximum absolute atomic E-state index is 6.08. The summed E-state index contributed by atoms with van der Waals surface area (Å²) in [4.78, 5) is 4.24. The smallest absolute Gasteiger partial charge is 0.239 e. The zero-order valence-corrected chi connectivity index (χ0v) is 12.0. The van der Waals surface area contributed by atoms with Crippen molar-refractivity contribution in [1.82, 2.24) is 14.8 Å². The molecule has 0 amide bonds. The number of nitrogens with zero attached hydrogens (tertiary/aromatic N) is 3. The summed E-state index contributed by atoms with van der Waals surface area (Å²) in [5.41, 5.74) is 6.79. The molecule has 1 aromatic heterocycles. The Morgan fingerprint density at radius 2 is 1.95 bits per heavy atom.